The molecule has 0 aromatic carbocycles. The highest BCUT2D eigenvalue weighted by atomic mass is 32.1. The number of rotatable bonds is 3. The second-order valence-electron chi connectivity index (χ2n) is 10.1. The zero-order valence-electron chi connectivity index (χ0n) is 21.0. The van der Waals surface area contributed by atoms with Crippen LogP contribution in [0.15, 0.2) is 35.9 Å². The maximum absolute atomic E-state index is 14.0. The molecule has 39 heavy (non-hydrogen) atoms. The first-order valence-corrected chi connectivity index (χ1v) is 13.3. The van der Waals surface area contributed by atoms with E-state index < -0.39 is 35.9 Å². The topological polar surface area (TPSA) is 109 Å². The van der Waals surface area contributed by atoms with Gasteiger partial charge in [0.1, 0.15) is 34.0 Å². The van der Waals surface area contributed by atoms with Gasteiger partial charge in [0.15, 0.2) is 0 Å². The van der Waals surface area contributed by atoms with Crippen LogP contribution in [0.3, 0.4) is 0 Å². The molecule has 2 N–H and O–H groups in total. The van der Waals surface area contributed by atoms with Crippen molar-refractivity contribution in [3.05, 3.63) is 57.6 Å². The summed E-state index contributed by atoms with van der Waals surface area (Å²) in [6.07, 6.45) is 1.92. The molecule has 2 amide bonds. The maximum atomic E-state index is 14.0. The van der Waals surface area contributed by atoms with Crippen LogP contribution in [0, 0.1) is 24.7 Å². The minimum Gasteiger partial charge on any atom is -0.335 e. The van der Waals surface area contributed by atoms with Crippen LogP contribution >= 0.6 is 11.3 Å². The maximum Gasteiger partial charge on any atom is 0.276 e. The summed E-state index contributed by atoms with van der Waals surface area (Å²) in [5.41, 5.74) is -0.846. The van der Waals surface area contributed by atoms with Gasteiger partial charge in [-0.2, -0.15) is 0 Å². The van der Waals surface area contributed by atoms with E-state index in [-0.39, 0.29) is 36.0 Å². The normalized spacial score (nSPS) is 19.2. The third-order valence-electron chi connectivity index (χ3n) is 7.54. The summed E-state index contributed by atoms with van der Waals surface area (Å²) in [5.74, 6) is 2.90. The van der Waals surface area contributed by atoms with E-state index in [0.29, 0.717) is 39.6 Å². The quantitative estimate of drug-likeness (QED) is 0.481. The lowest BCUT2D eigenvalue weighted by atomic mass is 9.86. The third-order valence-corrected chi connectivity index (χ3v) is 8.57. The van der Waals surface area contributed by atoms with Crippen molar-refractivity contribution in [2.75, 3.05) is 18.4 Å². The molecule has 0 bridgehead atoms. The van der Waals surface area contributed by atoms with Crippen molar-refractivity contribution in [3.8, 4) is 11.8 Å². The first-order chi connectivity index (χ1) is 18.6. The zero-order valence-corrected chi connectivity index (χ0v) is 21.8. The van der Waals surface area contributed by atoms with E-state index in [9.17, 15) is 23.2 Å². The molecule has 3 aromatic rings. The number of allylic oxidation sites excluding steroid dienone is 1. The molecular weight excluding hydrogens is 526 g/mol. The predicted octanol–water partition coefficient (Wildman–Crippen LogP) is 3.77. The number of alkyl halides is 2. The third kappa shape index (κ3) is 4.17. The molecule has 1 spiro atoms. The number of fused-ring (bicyclic) bond motifs is 3. The fraction of sp³-hybridized carbons (Fsp3) is 0.370. The molecule has 5 heterocycles. The number of carbonyl (C=O) groups is 2. The lowest BCUT2D eigenvalue weighted by Gasteiger charge is -2.38. The Balaban J connectivity index is 1.32. The smallest absolute Gasteiger partial charge is 0.276 e. The fourth-order valence-corrected chi connectivity index (χ4v) is 6.45. The summed E-state index contributed by atoms with van der Waals surface area (Å²) in [5, 5.41) is 6.44. The zero-order chi connectivity index (χ0) is 27.5. The monoisotopic (exact) mass is 550 g/mol. The van der Waals surface area contributed by atoms with Gasteiger partial charge in [-0.15, -0.1) is 11.3 Å². The molecule has 0 unspecified atom stereocenters. The molecule has 1 aliphatic carbocycles. The van der Waals surface area contributed by atoms with Crippen molar-refractivity contribution in [3.63, 3.8) is 0 Å². The Morgan fingerprint density at radius 3 is 2.69 bits per heavy atom. The van der Waals surface area contributed by atoms with Gasteiger partial charge in [0.2, 0.25) is 5.92 Å². The van der Waals surface area contributed by atoms with E-state index >= 15 is 0 Å². The van der Waals surface area contributed by atoms with Crippen LogP contribution in [0.2, 0.25) is 0 Å². The molecular formula is C27H24F2N6O3S. The summed E-state index contributed by atoms with van der Waals surface area (Å²) in [4.78, 5) is 50.9. The van der Waals surface area contributed by atoms with E-state index in [0.717, 1.165) is 0 Å². The lowest BCUT2D eigenvalue weighted by molar-refractivity contribution is -0.0667. The van der Waals surface area contributed by atoms with Crippen LogP contribution in [0.25, 0.3) is 10.2 Å². The molecule has 12 heteroatoms. The molecule has 2 fully saturated rings. The Kier molecular flexibility index (Phi) is 5.80. The first-order valence-electron chi connectivity index (χ1n) is 12.5. The van der Waals surface area contributed by atoms with Crippen molar-refractivity contribution in [2.24, 2.45) is 5.92 Å². The largest absolute Gasteiger partial charge is 0.335 e. The highest BCUT2D eigenvalue weighted by molar-refractivity contribution is 7.20. The van der Waals surface area contributed by atoms with Gasteiger partial charge in [-0.3, -0.25) is 19.0 Å². The van der Waals surface area contributed by atoms with Crippen LogP contribution in [-0.4, -0.2) is 50.3 Å². The first kappa shape index (κ1) is 25.2. The molecule has 3 aliphatic rings. The van der Waals surface area contributed by atoms with Crippen LogP contribution in [0.1, 0.15) is 51.4 Å². The Morgan fingerprint density at radius 2 is 1.97 bits per heavy atom. The van der Waals surface area contributed by atoms with Crippen LogP contribution < -0.4 is 16.2 Å². The van der Waals surface area contributed by atoms with Gasteiger partial charge >= 0.3 is 0 Å². The number of amides is 2. The number of carbonyl (C=O) groups excluding carboxylic acids is 2. The summed E-state index contributed by atoms with van der Waals surface area (Å²) in [7, 11) is 0. The van der Waals surface area contributed by atoms with Crippen molar-refractivity contribution >= 4 is 44.9 Å². The number of nitrogens with one attached hydrogen (secondary N) is 2. The molecule has 0 atom stereocenters. The van der Waals surface area contributed by atoms with Gasteiger partial charge in [0.25, 0.3) is 17.4 Å². The highest BCUT2D eigenvalue weighted by Gasteiger charge is 2.51. The Bertz CT molecular complexity index is 1670. The van der Waals surface area contributed by atoms with Crippen molar-refractivity contribution in [1.82, 2.24) is 24.8 Å². The molecule has 1 saturated carbocycles. The average Bonchev–Trinajstić information content (AvgIpc) is 3.43. The Labute approximate surface area is 225 Å². The summed E-state index contributed by atoms with van der Waals surface area (Å²) < 4.78 is 29.2. The predicted molar refractivity (Wildman–Crippen MR) is 142 cm³/mol. The second kappa shape index (κ2) is 8.98. The SMILES string of the molecule is C=CC#CC1CN(C(=O)c2cc3c(Nc4cc(C)c5n(c4=O)C4(CCC(F)(F)CC4)NC5=O)ncnc3s2)C1. The number of aryl methyl sites for hydroxylation is 1. The number of pyridine rings is 1. The lowest BCUT2D eigenvalue weighted by Crippen LogP contribution is -2.51. The van der Waals surface area contributed by atoms with E-state index in [1.807, 2.05) is 0 Å². The summed E-state index contributed by atoms with van der Waals surface area (Å²) >= 11 is 1.23. The molecule has 2 aliphatic heterocycles. The van der Waals surface area contributed by atoms with Gasteiger partial charge in [-0.05, 0) is 43.5 Å². The molecule has 9 nitrogen and oxygen atoms in total. The molecule has 6 rings (SSSR count). The van der Waals surface area contributed by atoms with E-state index in [1.165, 1.54) is 28.3 Å². The van der Waals surface area contributed by atoms with Crippen molar-refractivity contribution < 1.29 is 18.4 Å². The van der Waals surface area contributed by atoms with Gasteiger partial charge in [0.05, 0.1) is 16.2 Å². The molecule has 200 valence electrons. The number of anilines is 2. The minimum atomic E-state index is -2.83. The van der Waals surface area contributed by atoms with Crippen LogP contribution in [0.4, 0.5) is 20.3 Å². The minimum absolute atomic E-state index is 0.0498. The number of likely N-dealkylation sites (tertiary alicyclic amines) is 1. The molecule has 0 radical (unpaired) electrons. The number of halogens is 2. The summed E-state index contributed by atoms with van der Waals surface area (Å²) in [6, 6.07) is 3.25. The Hall–Kier alpha value is -4.11. The molecule has 3 aromatic heterocycles. The van der Waals surface area contributed by atoms with E-state index in [2.05, 4.69) is 39.0 Å². The van der Waals surface area contributed by atoms with Crippen molar-refractivity contribution in [2.45, 2.75) is 44.2 Å². The van der Waals surface area contributed by atoms with Gasteiger partial charge in [-0.1, -0.05) is 18.4 Å². The van der Waals surface area contributed by atoms with Gasteiger partial charge < -0.3 is 15.5 Å². The number of aromatic nitrogens is 3. The van der Waals surface area contributed by atoms with Crippen LogP contribution in [0.5, 0.6) is 0 Å². The van der Waals surface area contributed by atoms with E-state index in [1.54, 1.807) is 24.0 Å². The van der Waals surface area contributed by atoms with Crippen LogP contribution in [-0.2, 0) is 5.66 Å². The van der Waals surface area contributed by atoms with Gasteiger partial charge in [-0.25, -0.2) is 18.7 Å². The highest BCUT2D eigenvalue weighted by Crippen LogP contribution is 2.43. The fourth-order valence-electron chi connectivity index (χ4n) is 5.48. The van der Waals surface area contributed by atoms with Crippen molar-refractivity contribution in [1.29, 1.82) is 0 Å². The van der Waals surface area contributed by atoms with Gasteiger partial charge in [0, 0.05) is 25.9 Å². The number of nitrogens with zero attached hydrogens (tertiary/aromatic N) is 4. The number of hydrogen-bond acceptors (Lipinski definition) is 7. The second-order valence-corrected chi connectivity index (χ2v) is 11.2. The van der Waals surface area contributed by atoms with E-state index in [4.69, 9.17) is 0 Å². The standard InChI is InChI=1S/C27H24F2N6O3S/c1-3-4-5-16-12-34(13-16)25(38)19-11-17-21(30-14-31-23(17)39-19)32-18-10-15(2)20-22(36)33-27(35(20)24(18)37)8-6-26(28,29)7-9-27/h3,10-11,14,16H,1,6-9,12-13H2,2H3,(H,33,36)(H,30,31,32). The Morgan fingerprint density at radius 1 is 1.23 bits per heavy atom. The average molecular weight is 551 g/mol. The summed E-state index contributed by atoms with van der Waals surface area (Å²) in [6.45, 7) is 6.35. The molecule has 1 saturated heterocycles. The number of thiophene rings is 1. The number of hydrogen-bond donors (Lipinski definition) is 2.